The number of hydrogen-bond acceptors (Lipinski definition) is 6. The third-order valence-electron chi connectivity index (χ3n) is 4.50. The van der Waals surface area contributed by atoms with Crippen LogP contribution in [0.3, 0.4) is 0 Å². The van der Waals surface area contributed by atoms with E-state index in [0.29, 0.717) is 32.1 Å². The van der Waals surface area contributed by atoms with Crippen LogP contribution in [0.5, 0.6) is 5.75 Å². The highest BCUT2D eigenvalue weighted by atomic mass is 19.1. The molecule has 0 amide bonds. The highest BCUT2D eigenvalue weighted by Gasteiger charge is 2.20. The van der Waals surface area contributed by atoms with Gasteiger partial charge in [0, 0.05) is 25.7 Å². The van der Waals surface area contributed by atoms with Crippen molar-refractivity contribution < 1.29 is 33.7 Å². The third kappa shape index (κ3) is 5.21. The van der Waals surface area contributed by atoms with Gasteiger partial charge in [-0.1, -0.05) is 6.07 Å². The smallest absolute Gasteiger partial charge is 0.338 e. The van der Waals surface area contributed by atoms with Crippen LogP contribution in [0.2, 0.25) is 0 Å². The second-order valence-electron chi connectivity index (χ2n) is 6.41. The molecule has 3 N–H and O–H groups in total. The first kappa shape index (κ1) is 20.6. The van der Waals surface area contributed by atoms with Gasteiger partial charge in [0.05, 0.1) is 35.7 Å². The number of rotatable bonds is 8. The number of nitrogens with one attached hydrogen (secondary N) is 1. The minimum absolute atomic E-state index is 0.00979. The maximum Gasteiger partial charge on any atom is 0.338 e. The first-order valence-electron chi connectivity index (χ1n) is 9.05. The van der Waals surface area contributed by atoms with Crippen LogP contribution in [-0.2, 0) is 4.74 Å². The van der Waals surface area contributed by atoms with E-state index in [1.807, 2.05) is 0 Å². The van der Waals surface area contributed by atoms with Crippen LogP contribution < -0.4 is 10.1 Å². The molecule has 0 saturated carbocycles. The Balaban J connectivity index is 1.69. The third-order valence-corrected chi connectivity index (χ3v) is 4.50. The number of morpholine rings is 1. The second kappa shape index (κ2) is 9.35. The molecule has 2 aromatic rings. The Kier molecular flexibility index (Phi) is 6.63. The summed E-state index contributed by atoms with van der Waals surface area (Å²) in [5.41, 5.74) is -0.830. The van der Waals surface area contributed by atoms with Gasteiger partial charge in [-0.05, 0) is 24.3 Å². The van der Waals surface area contributed by atoms with E-state index in [9.17, 15) is 24.2 Å². The highest BCUT2D eigenvalue weighted by molar-refractivity contribution is 6.06. The van der Waals surface area contributed by atoms with Gasteiger partial charge in [-0.3, -0.25) is 4.90 Å². The van der Waals surface area contributed by atoms with Crippen molar-refractivity contribution in [2.24, 2.45) is 0 Å². The molecular formula is C20H21FN2O6. The normalized spacial score (nSPS) is 14.4. The predicted molar refractivity (Wildman–Crippen MR) is 103 cm³/mol. The zero-order valence-corrected chi connectivity index (χ0v) is 15.6. The van der Waals surface area contributed by atoms with Crippen LogP contribution in [-0.4, -0.2) is 66.5 Å². The van der Waals surface area contributed by atoms with E-state index in [-0.39, 0.29) is 16.9 Å². The van der Waals surface area contributed by atoms with Gasteiger partial charge in [0.2, 0.25) is 0 Å². The fourth-order valence-electron chi connectivity index (χ4n) is 3.01. The van der Waals surface area contributed by atoms with Crippen LogP contribution in [0.25, 0.3) is 0 Å². The molecule has 9 heteroatoms. The molecule has 8 nitrogen and oxygen atoms in total. The molecule has 3 rings (SSSR count). The minimum atomic E-state index is -1.42. The maximum atomic E-state index is 14.5. The number of hydrogen-bond donors (Lipinski definition) is 3. The molecule has 154 valence electrons. The van der Waals surface area contributed by atoms with Gasteiger partial charge in [-0.25, -0.2) is 14.0 Å². The number of carbonyl (C=O) groups is 2. The second-order valence-corrected chi connectivity index (χ2v) is 6.41. The summed E-state index contributed by atoms with van der Waals surface area (Å²) < 4.78 is 25.3. The van der Waals surface area contributed by atoms with Gasteiger partial charge in [0.1, 0.15) is 18.2 Å². The van der Waals surface area contributed by atoms with Crippen molar-refractivity contribution in [2.45, 2.75) is 0 Å². The number of anilines is 2. The predicted octanol–water partition coefficient (Wildman–Crippen LogP) is 2.68. The monoisotopic (exact) mass is 404 g/mol. The Labute approximate surface area is 166 Å². The number of halogens is 1. The average Bonchev–Trinajstić information content (AvgIpc) is 2.70. The van der Waals surface area contributed by atoms with Crippen molar-refractivity contribution in [1.82, 2.24) is 4.90 Å². The Bertz CT molecular complexity index is 899. The van der Waals surface area contributed by atoms with Crippen molar-refractivity contribution in [3.63, 3.8) is 0 Å². The molecule has 1 saturated heterocycles. The Morgan fingerprint density at radius 3 is 2.52 bits per heavy atom. The van der Waals surface area contributed by atoms with E-state index in [0.717, 1.165) is 13.1 Å². The van der Waals surface area contributed by atoms with Crippen molar-refractivity contribution in [2.75, 3.05) is 44.8 Å². The van der Waals surface area contributed by atoms with Crippen molar-refractivity contribution in [1.29, 1.82) is 0 Å². The quantitative estimate of drug-likeness (QED) is 0.616. The molecule has 1 heterocycles. The molecule has 0 radical (unpaired) electrons. The SMILES string of the molecule is O=C(O)c1cccc(Nc2ccc(OCCN3CCOCC3)cc2F)c1C(=O)O. The van der Waals surface area contributed by atoms with Crippen LogP contribution in [0, 0.1) is 5.82 Å². The molecule has 0 aliphatic carbocycles. The van der Waals surface area contributed by atoms with Crippen molar-refractivity contribution in [3.05, 3.63) is 53.3 Å². The molecule has 1 aliphatic rings. The largest absolute Gasteiger partial charge is 0.492 e. The summed E-state index contributed by atoms with van der Waals surface area (Å²) in [7, 11) is 0. The lowest BCUT2D eigenvalue weighted by molar-refractivity contribution is 0.0322. The van der Waals surface area contributed by atoms with Gasteiger partial charge < -0.3 is 25.0 Å². The van der Waals surface area contributed by atoms with Crippen LogP contribution in [0.4, 0.5) is 15.8 Å². The van der Waals surface area contributed by atoms with Gasteiger partial charge in [-0.15, -0.1) is 0 Å². The zero-order chi connectivity index (χ0) is 20.8. The maximum absolute atomic E-state index is 14.5. The summed E-state index contributed by atoms with van der Waals surface area (Å²) in [6.07, 6.45) is 0. The first-order chi connectivity index (χ1) is 14.0. The fourth-order valence-corrected chi connectivity index (χ4v) is 3.01. The number of nitrogens with zero attached hydrogens (tertiary/aromatic N) is 1. The summed E-state index contributed by atoms with van der Waals surface area (Å²) in [4.78, 5) is 25.0. The van der Waals surface area contributed by atoms with Gasteiger partial charge >= 0.3 is 11.9 Å². The lowest BCUT2D eigenvalue weighted by Crippen LogP contribution is -2.38. The summed E-state index contributed by atoms with van der Waals surface area (Å²) in [5, 5.41) is 21.2. The number of carboxylic acids is 2. The molecule has 0 spiro atoms. The van der Waals surface area contributed by atoms with E-state index in [4.69, 9.17) is 9.47 Å². The lowest BCUT2D eigenvalue weighted by atomic mass is 10.0. The van der Waals surface area contributed by atoms with Crippen LogP contribution in [0.1, 0.15) is 20.7 Å². The number of benzene rings is 2. The van der Waals surface area contributed by atoms with Crippen LogP contribution >= 0.6 is 0 Å². The summed E-state index contributed by atoms with van der Waals surface area (Å²) in [6, 6.07) is 8.12. The molecular weight excluding hydrogens is 383 g/mol. The number of ether oxygens (including phenoxy) is 2. The number of aromatic carboxylic acids is 2. The van der Waals surface area contributed by atoms with Crippen molar-refractivity contribution >= 4 is 23.3 Å². The lowest BCUT2D eigenvalue weighted by Gasteiger charge is -2.26. The highest BCUT2D eigenvalue weighted by Crippen LogP contribution is 2.28. The molecule has 1 aliphatic heterocycles. The molecule has 0 bridgehead atoms. The first-order valence-corrected chi connectivity index (χ1v) is 9.05. The van der Waals surface area contributed by atoms with Crippen LogP contribution in [0.15, 0.2) is 36.4 Å². The minimum Gasteiger partial charge on any atom is -0.492 e. The van der Waals surface area contributed by atoms with Crippen molar-refractivity contribution in [3.8, 4) is 5.75 Å². The Hall–Kier alpha value is -3.17. The Morgan fingerprint density at radius 2 is 1.86 bits per heavy atom. The zero-order valence-electron chi connectivity index (χ0n) is 15.6. The molecule has 0 unspecified atom stereocenters. The van der Waals surface area contributed by atoms with Gasteiger partial charge in [0.15, 0.2) is 0 Å². The topological polar surface area (TPSA) is 108 Å². The van der Waals surface area contributed by atoms with E-state index in [1.54, 1.807) is 6.07 Å². The number of carboxylic acid groups (broad SMARTS) is 2. The standard InChI is InChI=1S/C20H21FN2O6/c21-15-12-13(29-11-8-23-6-9-28-10-7-23)4-5-16(15)22-17-3-1-2-14(19(24)25)18(17)20(26)27/h1-5,12,22H,6-11H2,(H,24,25)(H,26,27). The molecule has 1 fully saturated rings. The van der Waals surface area contributed by atoms with Gasteiger partial charge in [-0.2, -0.15) is 0 Å². The summed E-state index contributed by atoms with van der Waals surface area (Å²) in [5.74, 6) is -3.10. The molecule has 0 atom stereocenters. The van der Waals surface area contributed by atoms with E-state index >= 15 is 0 Å². The van der Waals surface area contributed by atoms with E-state index in [1.165, 1.54) is 30.3 Å². The molecule has 0 aromatic heterocycles. The molecule has 29 heavy (non-hydrogen) atoms. The molecule has 2 aromatic carbocycles. The Morgan fingerprint density at radius 1 is 1.10 bits per heavy atom. The fraction of sp³-hybridized carbons (Fsp3) is 0.300. The summed E-state index contributed by atoms with van der Waals surface area (Å²) in [6.45, 7) is 4.15. The van der Waals surface area contributed by atoms with E-state index < -0.39 is 23.3 Å². The van der Waals surface area contributed by atoms with E-state index in [2.05, 4.69) is 10.2 Å². The average molecular weight is 404 g/mol. The summed E-state index contributed by atoms with van der Waals surface area (Å²) >= 11 is 0. The van der Waals surface area contributed by atoms with Gasteiger partial charge in [0.25, 0.3) is 0 Å².